The first kappa shape index (κ1) is 13.2. The first-order valence-electron chi connectivity index (χ1n) is 6.40. The highest BCUT2D eigenvalue weighted by molar-refractivity contribution is 5.02. The van der Waals surface area contributed by atoms with Gasteiger partial charge in [-0.25, -0.2) is 4.98 Å². The molecule has 0 aliphatic rings. The van der Waals surface area contributed by atoms with E-state index < -0.39 is 0 Å². The first-order valence-corrected chi connectivity index (χ1v) is 6.40. The van der Waals surface area contributed by atoms with Gasteiger partial charge in [-0.3, -0.25) is 0 Å². The molecule has 2 atom stereocenters. The third kappa shape index (κ3) is 3.97. The third-order valence-corrected chi connectivity index (χ3v) is 3.24. The van der Waals surface area contributed by atoms with Gasteiger partial charge >= 0.3 is 0 Å². The molecule has 0 spiro atoms. The number of imidazole rings is 1. The van der Waals surface area contributed by atoms with Crippen LogP contribution >= 0.6 is 0 Å². The Labute approximate surface area is 99.1 Å². The standard InChI is InChI=1S/C13H25N3/c1-4-6-7-11(5-2)8-12(14)13-9-16(3)10-15-13/h9-12H,4-8,14H2,1-3H3. The molecule has 92 valence electrons. The molecule has 1 rings (SSSR count). The van der Waals surface area contributed by atoms with Crippen LogP contribution in [-0.4, -0.2) is 9.55 Å². The van der Waals surface area contributed by atoms with Gasteiger partial charge in [0.15, 0.2) is 0 Å². The van der Waals surface area contributed by atoms with Gasteiger partial charge in [0.25, 0.3) is 0 Å². The summed E-state index contributed by atoms with van der Waals surface area (Å²) in [4.78, 5) is 4.32. The molecule has 0 saturated carbocycles. The summed E-state index contributed by atoms with van der Waals surface area (Å²) < 4.78 is 1.96. The Balaban J connectivity index is 2.45. The van der Waals surface area contributed by atoms with E-state index >= 15 is 0 Å². The van der Waals surface area contributed by atoms with Crippen molar-refractivity contribution in [3.05, 3.63) is 18.2 Å². The SMILES string of the molecule is CCCCC(CC)CC(N)c1cn(C)cn1. The number of unbranched alkanes of at least 4 members (excludes halogenated alkanes) is 1. The van der Waals surface area contributed by atoms with Gasteiger partial charge in [0, 0.05) is 19.3 Å². The monoisotopic (exact) mass is 223 g/mol. The Hall–Kier alpha value is -0.830. The Bertz CT molecular complexity index is 293. The molecule has 0 fully saturated rings. The van der Waals surface area contributed by atoms with Crippen molar-refractivity contribution >= 4 is 0 Å². The second-order valence-corrected chi connectivity index (χ2v) is 4.72. The summed E-state index contributed by atoms with van der Waals surface area (Å²) in [7, 11) is 1.98. The smallest absolute Gasteiger partial charge is 0.0947 e. The van der Waals surface area contributed by atoms with E-state index in [1.54, 1.807) is 0 Å². The lowest BCUT2D eigenvalue weighted by atomic mass is 9.91. The highest BCUT2D eigenvalue weighted by atomic mass is 15.0. The van der Waals surface area contributed by atoms with Gasteiger partial charge in [0.1, 0.15) is 0 Å². The van der Waals surface area contributed by atoms with E-state index in [0.717, 1.165) is 18.0 Å². The molecule has 1 aromatic heterocycles. The fourth-order valence-corrected chi connectivity index (χ4v) is 2.09. The largest absolute Gasteiger partial charge is 0.340 e. The van der Waals surface area contributed by atoms with Crippen LogP contribution in [0.2, 0.25) is 0 Å². The highest BCUT2D eigenvalue weighted by Crippen LogP contribution is 2.23. The zero-order valence-corrected chi connectivity index (χ0v) is 10.8. The van der Waals surface area contributed by atoms with Crippen molar-refractivity contribution in [2.75, 3.05) is 0 Å². The molecular formula is C13H25N3. The maximum absolute atomic E-state index is 6.18. The molecule has 0 aliphatic heterocycles. The van der Waals surface area contributed by atoms with Gasteiger partial charge in [-0.1, -0.05) is 39.5 Å². The van der Waals surface area contributed by atoms with Crippen molar-refractivity contribution in [2.45, 2.75) is 52.0 Å². The number of aryl methyl sites for hydroxylation is 1. The maximum Gasteiger partial charge on any atom is 0.0947 e. The predicted molar refractivity (Wildman–Crippen MR) is 68.1 cm³/mol. The van der Waals surface area contributed by atoms with E-state index in [4.69, 9.17) is 5.73 Å². The third-order valence-electron chi connectivity index (χ3n) is 3.24. The summed E-state index contributed by atoms with van der Waals surface area (Å²) in [6, 6.07) is 0.100. The van der Waals surface area contributed by atoms with Crippen LogP contribution in [-0.2, 0) is 7.05 Å². The number of rotatable bonds is 7. The Morgan fingerprint density at radius 2 is 2.19 bits per heavy atom. The van der Waals surface area contributed by atoms with Crippen molar-refractivity contribution in [3.63, 3.8) is 0 Å². The normalized spacial score (nSPS) is 15.0. The molecule has 2 unspecified atom stereocenters. The predicted octanol–water partition coefficient (Wildman–Crippen LogP) is 3.03. The molecule has 0 amide bonds. The summed E-state index contributed by atoms with van der Waals surface area (Å²) in [6.45, 7) is 4.50. The lowest BCUT2D eigenvalue weighted by molar-refractivity contribution is 0.386. The number of aromatic nitrogens is 2. The Morgan fingerprint density at radius 1 is 1.44 bits per heavy atom. The molecule has 2 N–H and O–H groups in total. The van der Waals surface area contributed by atoms with Crippen LogP contribution in [0.4, 0.5) is 0 Å². The molecule has 0 saturated heterocycles. The topological polar surface area (TPSA) is 43.8 Å². The van der Waals surface area contributed by atoms with Crippen LogP contribution in [0, 0.1) is 5.92 Å². The van der Waals surface area contributed by atoms with E-state index in [2.05, 4.69) is 18.8 Å². The quantitative estimate of drug-likeness (QED) is 0.772. The van der Waals surface area contributed by atoms with Crippen LogP contribution in [0.1, 0.15) is 57.7 Å². The molecule has 3 heteroatoms. The lowest BCUT2D eigenvalue weighted by Crippen LogP contribution is -2.15. The molecule has 16 heavy (non-hydrogen) atoms. The second kappa shape index (κ2) is 6.69. The molecule has 0 aliphatic carbocycles. The van der Waals surface area contributed by atoms with E-state index in [1.807, 2.05) is 24.1 Å². The number of hydrogen-bond donors (Lipinski definition) is 1. The number of nitrogens with zero attached hydrogens (tertiary/aromatic N) is 2. The fourth-order valence-electron chi connectivity index (χ4n) is 2.09. The number of nitrogens with two attached hydrogens (primary N) is 1. The molecule has 1 aromatic rings. The summed E-state index contributed by atoms with van der Waals surface area (Å²) in [5.41, 5.74) is 7.21. The van der Waals surface area contributed by atoms with Crippen LogP contribution in [0.25, 0.3) is 0 Å². The minimum atomic E-state index is 0.100. The fraction of sp³-hybridized carbons (Fsp3) is 0.769. The molecule has 3 nitrogen and oxygen atoms in total. The molecule has 0 bridgehead atoms. The van der Waals surface area contributed by atoms with Gasteiger partial charge < -0.3 is 10.3 Å². The summed E-state index contributed by atoms with van der Waals surface area (Å²) in [6.07, 6.45) is 10.0. The molecular weight excluding hydrogens is 198 g/mol. The van der Waals surface area contributed by atoms with Crippen molar-refractivity contribution in [1.29, 1.82) is 0 Å². The summed E-state index contributed by atoms with van der Waals surface area (Å²) >= 11 is 0. The Morgan fingerprint density at radius 3 is 2.69 bits per heavy atom. The average molecular weight is 223 g/mol. The van der Waals surface area contributed by atoms with Crippen molar-refractivity contribution < 1.29 is 0 Å². The van der Waals surface area contributed by atoms with Gasteiger partial charge in [0.05, 0.1) is 12.0 Å². The summed E-state index contributed by atoms with van der Waals surface area (Å²) in [5.74, 6) is 0.747. The van der Waals surface area contributed by atoms with E-state index in [1.165, 1.54) is 25.7 Å². The second-order valence-electron chi connectivity index (χ2n) is 4.72. The van der Waals surface area contributed by atoms with Crippen molar-refractivity contribution in [1.82, 2.24) is 9.55 Å². The van der Waals surface area contributed by atoms with Gasteiger partial charge in [-0.2, -0.15) is 0 Å². The van der Waals surface area contributed by atoms with Crippen LogP contribution in [0.3, 0.4) is 0 Å². The summed E-state index contributed by atoms with van der Waals surface area (Å²) in [5, 5.41) is 0. The maximum atomic E-state index is 6.18. The van der Waals surface area contributed by atoms with Crippen LogP contribution in [0.15, 0.2) is 12.5 Å². The molecule has 0 aromatic carbocycles. The minimum Gasteiger partial charge on any atom is -0.340 e. The number of hydrogen-bond acceptors (Lipinski definition) is 2. The average Bonchev–Trinajstić information content (AvgIpc) is 2.70. The molecule has 1 heterocycles. The van der Waals surface area contributed by atoms with E-state index in [0.29, 0.717) is 0 Å². The minimum absolute atomic E-state index is 0.100. The van der Waals surface area contributed by atoms with Gasteiger partial charge in [0.2, 0.25) is 0 Å². The Kier molecular flexibility index (Phi) is 5.53. The van der Waals surface area contributed by atoms with E-state index in [-0.39, 0.29) is 6.04 Å². The van der Waals surface area contributed by atoms with E-state index in [9.17, 15) is 0 Å². The molecule has 0 radical (unpaired) electrons. The first-order chi connectivity index (χ1) is 7.67. The lowest BCUT2D eigenvalue weighted by Gasteiger charge is -2.18. The zero-order chi connectivity index (χ0) is 12.0. The van der Waals surface area contributed by atoms with Crippen molar-refractivity contribution in [3.8, 4) is 0 Å². The van der Waals surface area contributed by atoms with Crippen LogP contribution in [0.5, 0.6) is 0 Å². The zero-order valence-electron chi connectivity index (χ0n) is 10.8. The van der Waals surface area contributed by atoms with Gasteiger partial charge in [-0.15, -0.1) is 0 Å². The van der Waals surface area contributed by atoms with Crippen molar-refractivity contribution in [2.24, 2.45) is 18.7 Å². The van der Waals surface area contributed by atoms with Gasteiger partial charge in [-0.05, 0) is 12.3 Å². The van der Waals surface area contributed by atoms with Crippen LogP contribution < -0.4 is 5.73 Å². The highest BCUT2D eigenvalue weighted by Gasteiger charge is 2.14.